The molecule has 0 saturated heterocycles. The molecule has 0 radical (unpaired) electrons. The molecule has 0 N–H and O–H groups in total. The summed E-state index contributed by atoms with van der Waals surface area (Å²) in [5.41, 5.74) is -0.161. The van der Waals surface area contributed by atoms with Crippen molar-refractivity contribution in [2.75, 3.05) is 0 Å². The van der Waals surface area contributed by atoms with Gasteiger partial charge in [-0.1, -0.05) is 30.3 Å². The van der Waals surface area contributed by atoms with E-state index in [4.69, 9.17) is 0 Å². The topological polar surface area (TPSA) is 34.9 Å². The van der Waals surface area contributed by atoms with Crippen molar-refractivity contribution >= 4 is 10.8 Å². The average Bonchev–Trinajstić information content (AvgIpc) is 2.41. The molecule has 1 heterocycles. The predicted octanol–water partition coefficient (Wildman–Crippen LogP) is 2.52. The maximum absolute atomic E-state index is 13.7. The first-order valence-corrected chi connectivity index (χ1v) is 5.49. The van der Waals surface area contributed by atoms with Gasteiger partial charge in [0.15, 0.2) is 0 Å². The number of halogens is 1. The van der Waals surface area contributed by atoms with Crippen LogP contribution in [0.3, 0.4) is 0 Å². The van der Waals surface area contributed by atoms with E-state index < -0.39 is 5.82 Å². The van der Waals surface area contributed by atoms with Crippen LogP contribution < -0.4 is 5.56 Å². The minimum atomic E-state index is -0.470. The second-order valence-electron chi connectivity index (χ2n) is 3.90. The predicted molar refractivity (Wildman–Crippen MR) is 67.3 cm³/mol. The van der Waals surface area contributed by atoms with Gasteiger partial charge >= 0.3 is 0 Å². The van der Waals surface area contributed by atoms with Crippen molar-refractivity contribution in [1.29, 1.82) is 0 Å². The Hall–Kier alpha value is -2.49. The molecule has 0 atom stereocenters. The summed E-state index contributed by atoms with van der Waals surface area (Å²) in [5, 5.41) is 5.27. The Balaban J connectivity index is 2.35. The van der Waals surface area contributed by atoms with Gasteiger partial charge in [-0.2, -0.15) is 9.78 Å². The van der Waals surface area contributed by atoms with Crippen molar-refractivity contribution in [3.05, 3.63) is 70.9 Å². The van der Waals surface area contributed by atoms with E-state index in [1.807, 2.05) is 6.07 Å². The lowest BCUT2D eigenvalue weighted by molar-refractivity contribution is 0.606. The zero-order valence-electron chi connectivity index (χ0n) is 9.38. The summed E-state index contributed by atoms with van der Waals surface area (Å²) in [4.78, 5) is 12.2. The molecule has 18 heavy (non-hydrogen) atoms. The fourth-order valence-electron chi connectivity index (χ4n) is 1.89. The highest BCUT2D eigenvalue weighted by atomic mass is 19.1. The summed E-state index contributed by atoms with van der Waals surface area (Å²) in [6.45, 7) is 0. The molecule has 0 aliphatic heterocycles. The number of hydrogen-bond donors (Lipinski definition) is 0. The SMILES string of the molecule is O=c1c2ccccc2cnn1-c1ccccc1F. The number of rotatable bonds is 1. The maximum atomic E-state index is 13.7. The van der Waals surface area contributed by atoms with Gasteiger partial charge < -0.3 is 0 Å². The summed E-state index contributed by atoms with van der Waals surface area (Å²) >= 11 is 0. The van der Waals surface area contributed by atoms with E-state index in [1.165, 1.54) is 12.1 Å². The third kappa shape index (κ3) is 1.59. The molecule has 2 aromatic carbocycles. The number of hydrogen-bond acceptors (Lipinski definition) is 2. The van der Waals surface area contributed by atoms with Crippen molar-refractivity contribution in [2.24, 2.45) is 0 Å². The Morgan fingerprint density at radius 3 is 2.56 bits per heavy atom. The van der Waals surface area contributed by atoms with Gasteiger partial charge in [-0.05, 0) is 18.2 Å². The highest BCUT2D eigenvalue weighted by molar-refractivity contribution is 5.80. The lowest BCUT2D eigenvalue weighted by atomic mass is 10.2. The van der Waals surface area contributed by atoms with E-state index in [1.54, 1.807) is 36.5 Å². The molecule has 3 aromatic rings. The monoisotopic (exact) mass is 240 g/mol. The molecule has 88 valence electrons. The van der Waals surface area contributed by atoms with E-state index in [0.29, 0.717) is 5.39 Å². The van der Waals surface area contributed by atoms with Crippen LogP contribution in [-0.2, 0) is 0 Å². The molecule has 0 aliphatic rings. The molecule has 0 fully saturated rings. The van der Waals surface area contributed by atoms with Crippen LogP contribution in [0, 0.1) is 5.82 Å². The van der Waals surface area contributed by atoms with Crippen LogP contribution in [-0.4, -0.2) is 9.78 Å². The zero-order chi connectivity index (χ0) is 12.5. The van der Waals surface area contributed by atoms with Gasteiger partial charge in [0.05, 0.1) is 11.6 Å². The second-order valence-corrected chi connectivity index (χ2v) is 3.90. The van der Waals surface area contributed by atoms with Crippen LogP contribution in [0.1, 0.15) is 0 Å². The molecule has 0 saturated carbocycles. The molecule has 0 spiro atoms. The Morgan fingerprint density at radius 1 is 1.00 bits per heavy atom. The van der Waals surface area contributed by atoms with Crippen molar-refractivity contribution < 1.29 is 4.39 Å². The van der Waals surface area contributed by atoms with Crippen molar-refractivity contribution in [3.63, 3.8) is 0 Å². The number of fused-ring (bicyclic) bond motifs is 1. The molecular weight excluding hydrogens is 231 g/mol. The maximum Gasteiger partial charge on any atom is 0.279 e. The second kappa shape index (κ2) is 4.07. The summed E-state index contributed by atoms with van der Waals surface area (Å²) in [6.07, 6.45) is 1.56. The third-order valence-corrected chi connectivity index (χ3v) is 2.78. The van der Waals surface area contributed by atoms with Crippen LogP contribution in [0.25, 0.3) is 16.5 Å². The molecule has 0 amide bonds. The zero-order valence-corrected chi connectivity index (χ0v) is 9.38. The smallest absolute Gasteiger partial charge is 0.267 e. The van der Waals surface area contributed by atoms with Gasteiger partial charge in [0, 0.05) is 5.39 Å². The summed E-state index contributed by atoms with van der Waals surface area (Å²) in [5.74, 6) is -0.470. The van der Waals surface area contributed by atoms with E-state index in [9.17, 15) is 9.18 Å². The first-order valence-electron chi connectivity index (χ1n) is 5.49. The lowest BCUT2D eigenvalue weighted by Gasteiger charge is -2.06. The van der Waals surface area contributed by atoms with E-state index >= 15 is 0 Å². The largest absolute Gasteiger partial charge is 0.279 e. The fraction of sp³-hybridized carbons (Fsp3) is 0. The van der Waals surface area contributed by atoms with Crippen molar-refractivity contribution in [2.45, 2.75) is 0 Å². The normalized spacial score (nSPS) is 10.7. The molecule has 0 bridgehead atoms. The van der Waals surface area contributed by atoms with Gasteiger partial charge in [0.2, 0.25) is 0 Å². The van der Waals surface area contributed by atoms with Gasteiger partial charge in [0.1, 0.15) is 11.5 Å². The first-order chi connectivity index (χ1) is 8.77. The number of benzene rings is 2. The minimum absolute atomic E-state index is 0.160. The Kier molecular flexibility index (Phi) is 2.41. The molecule has 3 rings (SSSR count). The van der Waals surface area contributed by atoms with Crippen molar-refractivity contribution in [3.8, 4) is 5.69 Å². The quantitative estimate of drug-likeness (QED) is 0.655. The summed E-state index contributed by atoms with van der Waals surface area (Å²) in [7, 11) is 0. The average molecular weight is 240 g/mol. The highest BCUT2D eigenvalue weighted by Gasteiger charge is 2.08. The highest BCUT2D eigenvalue weighted by Crippen LogP contribution is 2.12. The fourth-order valence-corrected chi connectivity index (χ4v) is 1.89. The van der Waals surface area contributed by atoms with Crippen LogP contribution >= 0.6 is 0 Å². The van der Waals surface area contributed by atoms with E-state index in [-0.39, 0.29) is 11.2 Å². The summed E-state index contributed by atoms with van der Waals surface area (Å²) < 4.78 is 14.7. The number of para-hydroxylation sites is 1. The Morgan fingerprint density at radius 2 is 1.72 bits per heavy atom. The Labute approximate surface area is 102 Å². The number of aromatic nitrogens is 2. The molecule has 3 nitrogen and oxygen atoms in total. The molecule has 0 unspecified atom stereocenters. The van der Waals surface area contributed by atoms with Gasteiger partial charge in [-0.25, -0.2) is 4.39 Å². The molecule has 0 aliphatic carbocycles. The lowest BCUT2D eigenvalue weighted by Crippen LogP contribution is -2.21. The van der Waals surface area contributed by atoms with E-state index in [2.05, 4.69) is 5.10 Å². The van der Waals surface area contributed by atoms with Gasteiger partial charge in [-0.3, -0.25) is 4.79 Å². The van der Waals surface area contributed by atoms with Crippen LogP contribution in [0.2, 0.25) is 0 Å². The third-order valence-electron chi connectivity index (χ3n) is 2.78. The summed E-state index contributed by atoms with van der Waals surface area (Å²) in [6, 6.07) is 13.2. The molecule has 1 aromatic heterocycles. The van der Waals surface area contributed by atoms with Crippen LogP contribution in [0.15, 0.2) is 59.5 Å². The van der Waals surface area contributed by atoms with E-state index in [0.717, 1.165) is 10.1 Å². The van der Waals surface area contributed by atoms with Crippen LogP contribution in [0.4, 0.5) is 4.39 Å². The minimum Gasteiger partial charge on any atom is -0.267 e. The van der Waals surface area contributed by atoms with Crippen LogP contribution in [0.5, 0.6) is 0 Å². The van der Waals surface area contributed by atoms with Gasteiger partial charge in [-0.15, -0.1) is 0 Å². The molecule has 4 heteroatoms. The van der Waals surface area contributed by atoms with Gasteiger partial charge in [0.25, 0.3) is 5.56 Å². The standard InChI is InChI=1S/C14H9FN2O/c15-12-7-3-4-8-13(12)17-14(18)11-6-2-1-5-10(11)9-16-17/h1-9H. The first kappa shape index (κ1) is 10.7. The van der Waals surface area contributed by atoms with Crippen molar-refractivity contribution in [1.82, 2.24) is 9.78 Å². The number of nitrogens with zero attached hydrogens (tertiary/aromatic N) is 2. The molecular formula is C14H9FN2O. The Bertz CT molecular complexity index is 780.